The summed E-state index contributed by atoms with van der Waals surface area (Å²) in [5.41, 5.74) is 0.408. The van der Waals surface area contributed by atoms with Crippen LogP contribution < -0.4 is 5.32 Å². The van der Waals surface area contributed by atoms with Crippen molar-refractivity contribution in [3.05, 3.63) is 0 Å². The summed E-state index contributed by atoms with van der Waals surface area (Å²) in [5.74, 6) is 0. The van der Waals surface area contributed by atoms with Crippen molar-refractivity contribution in [3.8, 4) is 0 Å². The van der Waals surface area contributed by atoms with E-state index in [0.717, 1.165) is 13.0 Å². The van der Waals surface area contributed by atoms with Gasteiger partial charge in [0.15, 0.2) is 0 Å². The SMILES string of the molecule is CC(C)(C)CC(O)CNCC1CCC2(CCCCC2)O1. The molecule has 1 aliphatic heterocycles. The average Bonchev–Trinajstić information content (AvgIpc) is 2.71. The first-order valence-electron chi connectivity index (χ1n) is 8.45. The molecule has 1 spiro atoms. The number of aliphatic hydroxyl groups excluding tert-OH is 1. The monoisotopic (exact) mass is 283 g/mol. The molecule has 0 radical (unpaired) electrons. The van der Waals surface area contributed by atoms with Crippen LogP contribution in [-0.2, 0) is 4.74 Å². The third-order valence-electron chi connectivity index (χ3n) is 4.70. The first-order valence-corrected chi connectivity index (χ1v) is 8.45. The minimum atomic E-state index is -0.250. The Kier molecular flexibility index (Phi) is 5.49. The van der Waals surface area contributed by atoms with Crippen molar-refractivity contribution in [3.63, 3.8) is 0 Å². The Balaban J connectivity index is 1.63. The maximum Gasteiger partial charge on any atom is 0.0708 e. The molecule has 0 aromatic heterocycles. The number of rotatable bonds is 5. The highest BCUT2D eigenvalue weighted by molar-refractivity contribution is 4.91. The standard InChI is InChI=1S/C17H33NO2/c1-16(2,3)11-14(19)12-18-13-15-7-10-17(20-15)8-5-4-6-9-17/h14-15,18-19H,4-13H2,1-3H3. The van der Waals surface area contributed by atoms with Gasteiger partial charge in [0.1, 0.15) is 0 Å². The van der Waals surface area contributed by atoms with Crippen molar-refractivity contribution in [1.29, 1.82) is 0 Å². The molecular weight excluding hydrogens is 250 g/mol. The molecule has 0 amide bonds. The molecule has 2 fully saturated rings. The summed E-state index contributed by atoms with van der Waals surface area (Å²) in [6.45, 7) is 8.09. The molecule has 1 saturated heterocycles. The van der Waals surface area contributed by atoms with E-state index in [2.05, 4.69) is 26.1 Å². The lowest BCUT2D eigenvalue weighted by Gasteiger charge is -2.33. The van der Waals surface area contributed by atoms with E-state index >= 15 is 0 Å². The van der Waals surface area contributed by atoms with Crippen molar-refractivity contribution >= 4 is 0 Å². The molecule has 2 N–H and O–H groups in total. The third-order valence-corrected chi connectivity index (χ3v) is 4.70. The van der Waals surface area contributed by atoms with Crippen LogP contribution in [0.2, 0.25) is 0 Å². The Morgan fingerprint density at radius 3 is 2.55 bits per heavy atom. The van der Waals surface area contributed by atoms with Crippen LogP contribution in [0.5, 0.6) is 0 Å². The number of hydrogen-bond acceptors (Lipinski definition) is 3. The Bertz CT molecular complexity index is 292. The summed E-state index contributed by atoms with van der Waals surface area (Å²) < 4.78 is 6.33. The van der Waals surface area contributed by atoms with Gasteiger partial charge in [-0.3, -0.25) is 0 Å². The molecule has 2 atom stereocenters. The highest BCUT2D eigenvalue weighted by Crippen LogP contribution is 2.41. The van der Waals surface area contributed by atoms with E-state index in [1.54, 1.807) is 0 Å². The largest absolute Gasteiger partial charge is 0.392 e. The van der Waals surface area contributed by atoms with Crippen LogP contribution in [0, 0.1) is 5.41 Å². The summed E-state index contributed by atoms with van der Waals surface area (Å²) in [6, 6.07) is 0. The fourth-order valence-corrected chi connectivity index (χ4v) is 3.79. The van der Waals surface area contributed by atoms with Crippen LogP contribution in [0.1, 0.15) is 72.1 Å². The van der Waals surface area contributed by atoms with Gasteiger partial charge in [-0.1, -0.05) is 40.0 Å². The van der Waals surface area contributed by atoms with Crippen LogP contribution in [0.25, 0.3) is 0 Å². The van der Waals surface area contributed by atoms with E-state index in [1.807, 2.05) is 0 Å². The van der Waals surface area contributed by atoms with Gasteiger partial charge < -0.3 is 15.2 Å². The van der Waals surface area contributed by atoms with Gasteiger partial charge in [0.05, 0.1) is 17.8 Å². The van der Waals surface area contributed by atoms with E-state index in [-0.39, 0.29) is 17.1 Å². The quantitative estimate of drug-likeness (QED) is 0.814. The van der Waals surface area contributed by atoms with Gasteiger partial charge in [-0.2, -0.15) is 0 Å². The fraction of sp³-hybridized carbons (Fsp3) is 1.00. The number of nitrogens with one attached hydrogen (secondary N) is 1. The molecule has 3 nitrogen and oxygen atoms in total. The normalized spacial score (nSPS) is 27.9. The van der Waals surface area contributed by atoms with Crippen LogP contribution in [-0.4, -0.2) is 36.0 Å². The summed E-state index contributed by atoms with van der Waals surface area (Å²) in [5, 5.41) is 13.4. The molecule has 2 aliphatic rings. The molecule has 3 heteroatoms. The second-order valence-electron chi connectivity index (χ2n) is 8.10. The lowest BCUT2D eigenvalue weighted by atomic mass is 9.83. The molecule has 1 heterocycles. The predicted octanol–water partition coefficient (Wildman–Crippen LogP) is 3.26. The van der Waals surface area contributed by atoms with Crippen molar-refractivity contribution < 1.29 is 9.84 Å². The van der Waals surface area contributed by atoms with Gasteiger partial charge in [-0.05, 0) is 37.5 Å². The van der Waals surface area contributed by atoms with Crippen LogP contribution in [0.15, 0.2) is 0 Å². The van der Waals surface area contributed by atoms with Gasteiger partial charge >= 0.3 is 0 Å². The lowest BCUT2D eigenvalue weighted by Crippen LogP contribution is -2.37. The average molecular weight is 283 g/mol. The fourth-order valence-electron chi connectivity index (χ4n) is 3.79. The third kappa shape index (κ3) is 5.01. The summed E-state index contributed by atoms with van der Waals surface area (Å²) in [4.78, 5) is 0. The molecule has 118 valence electrons. The van der Waals surface area contributed by atoms with Crippen molar-refractivity contribution in [1.82, 2.24) is 5.32 Å². The Morgan fingerprint density at radius 1 is 1.20 bits per heavy atom. The summed E-state index contributed by atoms with van der Waals surface area (Å²) in [6.07, 6.45) is 9.95. The molecule has 2 rings (SSSR count). The second-order valence-corrected chi connectivity index (χ2v) is 8.10. The zero-order valence-corrected chi connectivity index (χ0v) is 13.6. The van der Waals surface area contributed by atoms with Gasteiger partial charge in [-0.25, -0.2) is 0 Å². The molecule has 1 saturated carbocycles. The van der Waals surface area contributed by atoms with Crippen LogP contribution in [0.4, 0.5) is 0 Å². The molecule has 2 unspecified atom stereocenters. The van der Waals surface area contributed by atoms with Crippen molar-refractivity contribution in [2.75, 3.05) is 13.1 Å². The zero-order chi connectivity index (χ0) is 14.6. The Morgan fingerprint density at radius 2 is 1.90 bits per heavy atom. The minimum absolute atomic E-state index is 0.192. The highest BCUT2D eigenvalue weighted by atomic mass is 16.5. The van der Waals surface area contributed by atoms with Crippen LogP contribution in [0.3, 0.4) is 0 Å². The molecule has 0 aromatic carbocycles. The van der Waals surface area contributed by atoms with E-state index < -0.39 is 0 Å². The number of ether oxygens (including phenoxy) is 1. The van der Waals surface area contributed by atoms with Gasteiger partial charge in [0.2, 0.25) is 0 Å². The van der Waals surface area contributed by atoms with E-state index in [1.165, 1.54) is 44.9 Å². The zero-order valence-electron chi connectivity index (χ0n) is 13.6. The lowest BCUT2D eigenvalue weighted by molar-refractivity contribution is -0.0628. The van der Waals surface area contributed by atoms with Gasteiger partial charge in [0, 0.05) is 13.1 Å². The van der Waals surface area contributed by atoms with Crippen molar-refractivity contribution in [2.45, 2.75) is 89.9 Å². The maximum absolute atomic E-state index is 10.00. The van der Waals surface area contributed by atoms with E-state index in [0.29, 0.717) is 12.6 Å². The predicted molar refractivity (Wildman–Crippen MR) is 82.9 cm³/mol. The topological polar surface area (TPSA) is 41.5 Å². The second kappa shape index (κ2) is 6.76. The smallest absolute Gasteiger partial charge is 0.0708 e. The Labute approximate surface area is 124 Å². The number of aliphatic hydroxyl groups is 1. The highest BCUT2D eigenvalue weighted by Gasteiger charge is 2.40. The Hall–Kier alpha value is -0.120. The van der Waals surface area contributed by atoms with Gasteiger partial charge in [-0.15, -0.1) is 0 Å². The molecule has 20 heavy (non-hydrogen) atoms. The summed E-state index contributed by atoms with van der Waals surface area (Å²) >= 11 is 0. The maximum atomic E-state index is 10.00. The summed E-state index contributed by atoms with van der Waals surface area (Å²) in [7, 11) is 0. The minimum Gasteiger partial charge on any atom is -0.392 e. The number of hydrogen-bond donors (Lipinski definition) is 2. The molecule has 0 aromatic rings. The molecule has 0 bridgehead atoms. The first kappa shape index (κ1) is 16.3. The van der Waals surface area contributed by atoms with E-state index in [9.17, 15) is 5.11 Å². The molecule has 1 aliphatic carbocycles. The van der Waals surface area contributed by atoms with Crippen LogP contribution >= 0.6 is 0 Å². The van der Waals surface area contributed by atoms with Crippen molar-refractivity contribution in [2.24, 2.45) is 5.41 Å². The first-order chi connectivity index (χ1) is 9.39. The van der Waals surface area contributed by atoms with E-state index in [4.69, 9.17) is 4.74 Å². The van der Waals surface area contributed by atoms with Gasteiger partial charge in [0.25, 0.3) is 0 Å². The molecular formula is C17H33NO2.